The fourth-order valence-corrected chi connectivity index (χ4v) is 3.13. The van der Waals surface area contributed by atoms with Gasteiger partial charge in [-0.05, 0) is 40.4 Å². The number of unbranched alkanes of at least 4 members (excludes halogenated alkanes) is 3. The van der Waals surface area contributed by atoms with Gasteiger partial charge in [-0.15, -0.1) is 0 Å². The highest BCUT2D eigenvalue weighted by Crippen LogP contribution is 2.29. The summed E-state index contributed by atoms with van der Waals surface area (Å²) < 4.78 is 6.43. The summed E-state index contributed by atoms with van der Waals surface area (Å²) in [6.45, 7) is 6.91. The first-order valence-corrected chi connectivity index (χ1v) is 9.35. The van der Waals surface area contributed by atoms with Crippen molar-refractivity contribution in [1.29, 1.82) is 0 Å². The number of halogens is 1. The number of benzene rings is 1. The van der Waals surface area contributed by atoms with Gasteiger partial charge in [-0.3, -0.25) is 4.79 Å². The monoisotopic (exact) mass is 392 g/mol. The lowest BCUT2D eigenvalue weighted by Gasteiger charge is -2.13. The standard InChI is InChI=1S/C19H25BrN2O2/c1-4-5-6-9-12-24-15-11-8-7-10-14(15)18-21-17(13(2)3)16(20)19(23)22-18/h7-8,10-11,13H,4-6,9,12H2,1-3H3,(H,21,22,23). The largest absolute Gasteiger partial charge is 0.493 e. The van der Waals surface area contributed by atoms with Gasteiger partial charge in [-0.2, -0.15) is 0 Å². The van der Waals surface area contributed by atoms with Crippen LogP contribution >= 0.6 is 15.9 Å². The van der Waals surface area contributed by atoms with E-state index in [1.54, 1.807) is 0 Å². The van der Waals surface area contributed by atoms with E-state index in [1.807, 2.05) is 38.1 Å². The molecule has 1 aromatic carbocycles. The summed E-state index contributed by atoms with van der Waals surface area (Å²) in [5.74, 6) is 1.47. The second kappa shape index (κ2) is 9.02. The topological polar surface area (TPSA) is 55.0 Å². The average Bonchev–Trinajstić information content (AvgIpc) is 2.57. The molecule has 2 aromatic rings. The van der Waals surface area contributed by atoms with E-state index in [1.165, 1.54) is 19.3 Å². The Bertz CT molecular complexity index is 726. The van der Waals surface area contributed by atoms with Crippen LogP contribution < -0.4 is 10.3 Å². The molecule has 0 atom stereocenters. The lowest BCUT2D eigenvalue weighted by Crippen LogP contribution is -2.14. The van der Waals surface area contributed by atoms with Crippen LogP contribution in [0.5, 0.6) is 5.75 Å². The number of aromatic amines is 1. The summed E-state index contributed by atoms with van der Waals surface area (Å²) in [7, 11) is 0. The molecule has 0 bridgehead atoms. The number of rotatable bonds is 8. The maximum Gasteiger partial charge on any atom is 0.265 e. The van der Waals surface area contributed by atoms with E-state index in [2.05, 4.69) is 32.8 Å². The SMILES string of the molecule is CCCCCCOc1ccccc1-c1nc(C(C)C)c(Br)c(=O)[nH]1. The Morgan fingerprint density at radius 3 is 2.67 bits per heavy atom. The molecule has 24 heavy (non-hydrogen) atoms. The molecule has 0 saturated carbocycles. The van der Waals surface area contributed by atoms with Crippen LogP contribution in [0.3, 0.4) is 0 Å². The molecule has 0 fully saturated rings. The number of hydrogen-bond donors (Lipinski definition) is 1. The van der Waals surface area contributed by atoms with Crippen LogP contribution in [-0.2, 0) is 0 Å². The van der Waals surface area contributed by atoms with Crippen molar-refractivity contribution in [2.75, 3.05) is 6.61 Å². The molecule has 5 heteroatoms. The van der Waals surface area contributed by atoms with Gasteiger partial charge < -0.3 is 9.72 Å². The molecule has 4 nitrogen and oxygen atoms in total. The summed E-state index contributed by atoms with van der Waals surface area (Å²) in [4.78, 5) is 19.7. The Hall–Kier alpha value is -1.62. The number of ether oxygens (including phenoxy) is 1. The predicted molar refractivity (Wildman–Crippen MR) is 102 cm³/mol. The number of hydrogen-bond acceptors (Lipinski definition) is 3. The van der Waals surface area contributed by atoms with Crippen molar-refractivity contribution >= 4 is 15.9 Å². The van der Waals surface area contributed by atoms with Crippen molar-refractivity contribution < 1.29 is 4.74 Å². The molecule has 0 unspecified atom stereocenters. The molecule has 1 aromatic heterocycles. The second-order valence-electron chi connectivity index (χ2n) is 6.17. The fraction of sp³-hybridized carbons (Fsp3) is 0.474. The van der Waals surface area contributed by atoms with Gasteiger partial charge in [0, 0.05) is 0 Å². The smallest absolute Gasteiger partial charge is 0.265 e. The normalized spacial score (nSPS) is 11.0. The molecule has 0 spiro atoms. The molecule has 0 saturated heterocycles. The Labute approximate surface area is 151 Å². The molecule has 2 rings (SSSR count). The second-order valence-corrected chi connectivity index (χ2v) is 6.97. The molecular weight excluding hydrogens is 368 g/mol. The highest BCUT2D eigenvalue weighted by molar-refractivity contribution is 9.10. The number of para-hydroxylation sites is 1. The van der Waals surface area contributed by atoms with Crippen LogP contribution in [0.4, 0.5) is 0 Å². The Kier molecular flexibility index (Phi) is 7.03. The van der Waals surface area contributed by atoms with Crippen LogP contribution in [0, 0.1) is 0 Å². The molecular formula is C19H25BrN2O2. The third-order valence-corrected chi connectivity index (χ3v) is 4.60. The zero-order valence-electron chi connectivity index (χ0n) is 14.6. The predicted octanol–water partition coefficient (Wildman–Crippen LogP) is 5.28. The molecule has 0 radical (unpaired) electrons. The number of aromatic nitrogens is 2. The molecule has 1 heterocycles. The summed E-state index contributed by atoms with van der Waals surface area (Å²) in [5, 5.41) is 0. The third kappa shape index (κ3) is 4.69. The van der Waals surface area contributed by atoms with Gasteiger partial charge in [0.2, 0.25) is 0 Å². The molecule has 0 aliphatic heterocycles. The van der Waals surface area contributed by atoms with Crippen LogP contribution in [0.1, 0.15) is 58.1 Å². The minimum absolute atomic E-state index is 0.155. The van der Waals surface area contributed by atoms with Gasteiger partial charge in [0.1, 0.15) is 16.0 Å². The van der Waals surface area contributed by atoms with Crippen molar-refractivity contribution in [1.82, 2.24) is 9.97 Å². The number of H-pyrrole nitrogens is 1. The number of nitrogens with one attached hydrogen (secondary N) is 1. The molecule has 0 amide bonds. The first kappa shape index (κ1) is 18.7. The first-order valence-electron chi connectivity index (χ1n) is 8.56. The Morgan fingerprint density at radius 2 is 1.96 bits per heavy atom. The molecule has 0 aliphatic carbocycles. The summed E-state index contributed by atoms with van der Waals surface area (Å²) >= 11 is 3.33. The Balaban J connectivity index is 2.28. The van der Waals surface area contributed by atoms with Gasteiger partial charge in [0.15, 0.2) is 0 Å². The number of nitrogens with zero attached hydrogens (tertiary/aromatic N) is 1. The Morgan fingerprint density at radius 1 is 1.21 bits per heavy atom. The fourth-order valence-electron chi connectivity index (χ4n) is 2.49. The highest BCUT2D eigenvalue weighted by atomic mass is 79.9. The summed E-state index contributed by atoms with van der Waals surface area (Å²) in [6, 6.07) is 7.71. The van der Waals surface area contributed by atoms with Crippen molar-refractivity contribution in [3.05, 3.63) is 44.8 Å². The van der Waals surface area contributed by atoms with Gasteiger partial charge >= 0.3 is 0 Å². The zero-order chi connectivity index (χ0) is 17.5. The minimum Gasteiger partial charge on any atom is -0.493 e. The summed E-state index contributed by atoms with van der Waals surface area (Å²) in [6.07, 6.45) is 4.64. The van der Waals surface area contributed by atoms with E-state index < -0.39 is 0 Å². The van der Waals surface area contributed by atoms with Crippen LogP contribution in [0.25, 0.3) is 11.4 Å². The maximum absolute atomic E-state index is 12.2. The van der Waals surface area contributed by atoms with Crippen LogP contribution in [0.15, 0.2) is 33.5 Å². The third-order valence-electron chi connectivity index (χ3n) is 3.83. The highest BCUT2D eigenvalue weighted by Gasteiger charge is 2.15. The van der Waals surface area contributed by atoms with E-state index in [0.717, 1.165) is 23.4 Å². The van der Waals surface area contributed by atoms with Gasteiger partial charge in [-0.1, -0.05) is 52.2 Å². The van der Waals surface area contributed by atoms with Crippen LogP contribution in [-0.4, -0.2) is 16.6 Å². The van der Waals surface area contributed by atoms with Crippen LogP contribution in [0.2, 0.25) is 0 Å². The van der Waals surface area contributed by atoms with Gasteiger partial charge in [0.25, 0.3) is 5.56 Å². The lowest BCUT2D eigenvalue weighted by atomic mass is 10.1. The quantitative estimate of drug-likeness (QED) is 0.621. The van der Waals surface area contributed by atoms with E-state index >= 15 is 0 Å². The van der Waals surface area contributed by atoms with E-state index in [-0.39, 0.29) is 11.5 Å². The minimum atomic E-state index is -0.165. The van der Waals surface area contributed by atoms with E-state index in [0.29, 0.717) is 16.9 Å². The zero-order valence-corrected chi connectivity index (χ0v) is 16.1. The molecule has 130 valence electrons. The average molecular weight is 393 g/mol. The molecule has 0 aliphatic rings. The lowest BCUT2D eigenvalue weighted by molar-refractivity contribution is 0.306. The van der Waals surface area contributed by atoms with Crippen molar-refractivity contribution in [2.45, 2.75) is 52.4 Å². The van der Waals surface area contributed by atoms with Crippen molar-refractivity contribution in [3.63, 3.8) is 0 Å². The van der Waals surface area contributed by atoms with Gasteiger partial charge in [-0.25, -0.2) is 4.98 Å². The van der Waals surface area contributed by atoms with Gasteiger partial charge in [0.05, 0.1) is 17.9 Å². The van der Waals surface area contributed by atoms with E-state index in [4.69, 9.17) is 4.74 Å². The van der Waals surface area contributed by atoms with E-state index in [9.17, 15) is 4.79 Å². The van der Waals surface area contributed by atoms with Crippen molar-refractivity contribution in [2.24, 2.45) is 0 Å². The molecule has 1 N–H and O–H groups in total. The first-order chi connectivity index (χ1) is 11.5. The van der Waals surface area contributed by atoms with Crippen molar-refractivity contribution in [3.8, 4) is 17.1 Å². The summed E-state index contributed by atoms with van der Waals surface area (Å²) in [5.41, 5.74) is 1.41. The maximum atomic E-state index is 12.2.